The highest BCUT2D eigenvalue weighted by Crippen LogP contribution is 2.41. The van der Waals surface area contributed by atoms with Crippen LogP contribution in [0.15, 0.2) is 36.4 Å². The molecule has 0 radical (unpaired) electrons. The molecule has 1 atom stereocenters. The van der Waals surface area contributed by atoms with Gasteiger partial charge in [0.05, 0.1) is 23.3 Å². The topological polar surface area (TPSA) is 60.9 Å². The highest BCUT2D eigenvalue weighted by molar-refractivity contribution is 7.99. The van der Waals surface area contributed by atoms with Crippen molar-refractivity contribution in [3.8, 4) is 0 Å². The Morgan fingerprint density at radius 1 is 0.974 bits per heavy atom. The van der Waals surface area contributed by atoms with Crippen molar-refractivity contribution in [1.82, 2.24) is 4.90 Å². The summed E-state index contributed by atoms with van der Waals surface area (Å²) in [6.45, 7) is 5.05. The fourth-order valence-corrected chi connectivity index (χ4v) is 7.48. The van der Waals surface area contributed by atoms with Crippen molar-refractivity contribution in [1.29, 1.82) is 0 Å². The zero-order valence-electron chi connectivity index (χ0n) is 22.5. The minimum absolute atomic E-state index is 0.0946. The van der Waals surface area contributed by atoms with Crippen LogP contribution in [0, 0.1) is 5.92 Å². The summed E-state index contributed by atoms with van der Waals surface area (Å²) in [5, 5.41) is 1.24. The molecular formula is C30H35Cl2N3O3S. The molecule has 1 amide bonds. The molecule has 2 heterocycles. The van der Waals surface area contributed by atoms with E-state index >= 15 is 0 Å². The van der Waals surface area contributed by atoms with Gasteiger partial charge in [0.1, 0.15) is 11.6 Å². The van der Waals surface area contributed by atoms with Crippen molar-refractivity contribution in [2.75, 3.05) is 34.5 Å². The maximum Gasteiger partial charge on any atom is 0.245 e. The third kappa shape index (κ3) is 6.32. The van der Waals surface area contributed by atoms with Crippen molar-refractivity contribution in [3.63, 3.8) is 0 Å². The van der Waals surface area contributed by atoms with E-state index in [2.05, 4.69) is 28.0 Å². The van der Waals surface area contributed by atoms with Gasteiger partial charge in [0.15, 0.2) is 0 Å². The molecule has 2 aliphatic heterocycles. The summed E-state index contributed by atoms with van der Waals surface area (Å²) >= 11 is 15.1. The second kappa shape index (κ2) is 12.2. The molecule has 208 valence electrons. The largest absolute Gasteiger partial charge is 0.365 e. The number of benzene rings is 2. The van der Waals surface area contributed by atoms with Crippen LogP contribution >= 0.6 is 35.0 Å². The number of para-hydroxylation sites is 2. The molecule has 5 rings (SSSR count). The number of thioether (sulfide) groups is 1. The molecule has 39 heavy (non-hydrogen) atoms. The second-order valence-electron chi connectivity index (χ2n) is 10.9. The monoisotopic (exact) mass is 587 g/mol. The Morgan fingerprint density at radius 3 is 2.33 bits per heavy atom. The number of amides is 1. The molecule has 0 unspecified atom stereocenters. The van der Waals surface area contributed by atoms with Gasteiger partial charge in [-0.1, -0.05) is 35.3 Å². The fourth-order valence-electron chi connectivity index (χ4n) is 5.77. The molecule has 2 aromatic carbocycles. The minimum Gasteiger partial charge on any atom is -0.365 e. The third-order valence-electron chi connectivity index (χ3n) is 8.07. The van der Waals surface area contributed by atoms with Crippen LogP contribution in [0.3, 0.4) is 0 Å². The number of hydrogen-bond acceptors (Lipinski definition) is 6. The van der Waals surface area contributed by atoms with E-state index in [9.17, 15) is 14.4 Å². The van der Waals surface area contributed by atoms with Crippen LogP contribution in [0.25, 0.3) is 0 Å². The normalized spacial score (nSPS) is 19.5. The summed E-state index contributed by atoms with van der Waals surface area (Å²) in [5.74, 6) is 0.913. The molecule has 1 saturated heterocycles. The van der Waals surface area contributed by atoms with Crippen molar-refractivity contribution in [2.24, 2.45) is 5.92 Å². The van der Waals surface area contributed by atoms with Gasteiger partial charge in [0.25, 0.3) is 0 Å². The van der Waals surface area contributed by atoms with Crippen LogP contribution in [0.2, 0.25) is 10.0 Å². The summed E-state index contributed by atoms with van der Waals surface area (Å²) in [4.78, 5) is 44.0. The van der Waals surface area contributed by atoms with Gasteiger partial charge in [-0.05, 0) is 81.3 Å². The van der Waals surface area contributed by atoms with E-state index in [1.54, 1.807) is 11.8 Å². The van der Waals surface area contributed by atoms with E-state index in [1.165, 1.54) is 32.4 Å². The summed E-state index contributed by atoms with van der Waals surface area (Å²) in [6.07, 6.45) is 4.29. The maximum absolute atomic E-state index is 13.9. The second-order valence-corrected chi connectivity index (χ2v) is 12.7. The van der Waals surface area contributed by atoms with Crippen molar-refractivity contribution in [3.05, 3.63) is 57.6 Å². The van der Waals surface area contributed by atoms with Crippen LogP contribution in [-0.2, 0) is 27.3 Å². The molecule has 1 aliphatic carbocycles. The van der Waals surface area contributed by atoms with Gasteiger partial charge in [0, 0.05) is 47.4 Å². The van der Waals surface area contributed by atoms with Crippen LogP contribution in [0.5, 0.6) is 0 Å². The van der Waals surface area contributed by atoms with E-state index < -0.39 is 5.92 Å². The van der Waals surface area contributed by atoms with Gasteiger partial charge in [-0.15, -0.1) is 11.8 Å². The lowest BCUT2D eigenvalue weighted by Crippen LogP contribution is -2.52. The van der Waals surface area contributed by atoms with Crippen LogP contribution < -0.4 is 9.80 Å². The maximum atomic E-state index is 13.9. The Labute approximate surface area is 245 Å². The van der Waals surface area contributed by atoms with Gasteiger partial charge >= 0.3 is 0 Å². The lowest BCUT2D eigenvalue weighted by Gasteiger charge is -2.39. The molecule has 0 aromatic heterocycles. The first kappa shape index (κ1) is 28.5. The molecule has 0 N–H and O–H groups in total. The summed E-state index contributed by atoms with van der Waals surface area (Å²) in [6, 6.07) is 12.5. The van der Waals surface area contributed by atoms with Gasteiger partial charge in [-0.3, -0.25) is 19.3 Å². The fraction of sp³-hybridized carbons (Fsp3) is 0.500. The molecule has 9 heteroatoms. The molecule has 2 aromatic rings. The molecule has 2 fully saturated rings. The first-order valence-corrected chi connectivity index (χ1v) is 15.6. The van der Waals surface area contributed by atoms with Crippen LogP contribution in [0.4, 0.5) is 11.4 Å². The number of hydrogen-bond donors (Lipinski definition) is 0. The number of halogens is 2. The summed E-state index contributed by atoms with van der Waals surface area (Å²) < 4.78 is 0. The smallest absolute Gasteiger partial charge is 0.245 e. The lowest BCUT2D eigenvalue weighted by atomic mass is 9.93. The number of nitrogens with zero attached hydrogens (tertiary/aromatic N) is 3. The number of fused-ring (bicyclic) bond motifs is 1. The van der Waals surface area contributed by atoms with E-state index in [0.717, 1.165) is 35.0 Å². The quantitative estimate of drug-likeness (QED) is 0.318. The summed E-state index contributed by atoms with van der Waals surface area (Å²) in [5.41, 5.74) is 3.99. The number of aryl methyl sites for hydroxylation is 1. The first-order valence-electron chi connectivity index (χ1n) is 13.7. The Morgan fingerprint density at radius 2 is 1.64 bits per heavy atom. The van der Waals surface area contributed by atoms with Gasteiger partial charge in [-0.2, -0.15) is 0 Å². The number of anilines is 2. The van der Waals surface area contributed by atoms with Crippen LogP contribution in [-0.4, -0.2) is 59.2 Å². The average Bonchev–Trinajstić information content (AvgIpc) is 3.65. The SMILES string of the molecule is CC(=O)C(CCCc1cc(Cl)c(CN2CSC[C@H]2C(=O)N2CCN(C3CC3)c3ccccc32)cc1Cl)C(C)=O. The molecular weight excluding hydrogens is 553 g/mol. The molecule has 1 saturated carbocycles. The minimum atomic E-state index is -0.552. The van der Waals surface area contributed by atoms with Crippen molar-refractivity contribution in [2.45, 2.75) is 64.6 Å². The van der Waals surface area contributed by atoms with Gasteiger partial charge in [-0.25, -0.2) is 0 Å². The van der Waals surface area contributed by atoms with Crippen LogP contribution in [0.1, 0.15) is 50.7 Å². The summed E-state index contributed by atoms with van der Waals surface area (Å²) in [7, 11) is 0. The Kier molecular flexibility index (Phi) is 8.91. The molecule has 0 bridgehead atoms. The first-order chi connectivity index (χ1) is 18.7. The van der Waals surface area contributed by atoms with E-state index in [0.29, 0.717) is 48.4 Å². The van der Waals surface area contributed by atoms with E-state index in [4.69, 9.17) is 23.2 Å². The highest BCUT2D eigenvalue weighted by Gasteiger charge is 2.40. The van der Waals surface area contributed by atoms with Crippen molar-refractivity contribution < 1.29 is 14.4 Å². The Bertz CT molecular complexity index is 1250. The predicted octanol–water partition coefficient (Wildman–Crippen LogP) is 6.00. The average molecular weight is 589 g/mol. The van der Waals surface area contributed by atoms with E-state index in [-0.39, 0.29) is 23.5 Å². The number of ketones is 2. The predicted molar refractivity (Wildman–Crippen MR) is 160 cm³/mol. The Balaban J connectivity index is 1.26. The zero-order valence-corrected chi connectivity index (χ0v) is 24.8. The molecule has 0 spiro atoms. The zero-order chi connectivity index (χ0) is 27.7. The van der Waals surface area contributed by atoms with Gasteiger partial charge in [0.2, 0.25) is 5.91 Å². The van der Waals surface area contributed by atoms with E-state index in [1.807, 2.05) is 23.1 Å². The number of Topliss-reactive ketones (excluding diaryl/α,β-unsaturated/α-hetero) is 2. The van der Waals surface area contributed by atoms with Crippen molar-refractivity contribution >= 4 is 63.8 Å². The number of rotatable bonds is 10. The third-order valence-corrected chi connectivity index (χ3v) is 9.84. The Hall–Kier alpha value is -2.06. The standard InChI is InChI=1S/C30H35Cl2N3O3S/c1-19(36)24(20(2)37)7-5-6-21-14-26(32)22(15-25(21)31)16-33-18-39-17-29(33)30(38)35-13-12-34(23-10-11-23)27-8-3-4-9-28(27)35/h3-4,8-9,14-15,23-24,29H,5-7,10-13,16-18H2,1-2H3/t29-/m0/s1. The lowest BCUT2D eigenvalue weighted by molar-refractivity contribution is -0.130. The molecule has 6 nitrogen and oxygen atoms in total. The highest BCUT2D eigenvalue weighted by atomic mass is 35.5. The number of carbonyl (C=O) groups is 3. The molecule has 3 aliphatic rings. The van der Waals surface area contributed by atoms with Gasteiger partial charge < -0.3 is 9.80 Å². The number of carbonyl (C=O) groups excluding carboxylic acids is 3.